The molecule has 0 N–H and O–H groups in total. The summed E-state index contributed by atoms with van der Waals surface area (Å²) < 4.78 is 6.10. The number of rotatable bonds is 3. The van der Waals surface area contributed by atoms with Crippen LogP contribution in [0.15, 0.2) is 29.0 Å². The lowest BCUT2D eigenvalue weighted by Gasteiger charge is -2.07. The van der Waals surface area contributed by atoms with Crippen LogP contribution in [0.5, 0.6) is 11.6 Å². The highest BCUT2D eigenvalue weighted by Crippen LogP contribution is 2.29. The Kier molecular flexibility index (Phi) is 3.75. The normalized spacial score (nSPS) is 10.3. The minimum atomic E-state index is -0.477. The molecule has 2 aromatic rings. The second kappa shape index (κ2) is 5.31. The lowest BCUT2D eigenvalue weighted by Crippen LogP contribution is -1.96. The van der Waals surface area contributed by atoms with Gasteiger partial charge in [0.2, 0.25) is 5.88 Å². The molecule has 0 aliphatic heterocycles. The number of nitrogens with zero attached hydrogens (tertiary/aromatic N) is 3. The van der Waals surface area contributed by atoms with E-state index in [0.717, 1.165) is 5.69 Å². The van der Waals surface area contributed by atoms with Gasteiger partial charge in [0.1, 0.15) is 10.8 Å². The van der Waals surface area contributed by atoms with E-state index in [1.807, 2.05) is 6.92 Å². The van der Waals surface area contributed by atoms with Gasteiger partial charge in [-0.25, -0.2) is 9.97 Å². The molecular formula is C12H10BrN3O3. The van der Waals surface area contributed by atoms with Crippen molar-refractivity contribution < 1.29 is 9.66 Å². The third kappa shape index (κ3) is 3.05. The van der Waals surface area contributed by atoms with E-state index < -0.39 is 4.92 Å². The number of nitro groups is 1. The first-order valence-corrected chi connectivity index (χ1v) is 6.18. The first kappa shape index (κ1) is 13.4. The number of halogens is 1. The van der Waals surface area contributed by atoms with Gasteiger partial charge < -0.3 is 4.74 Å². The highest BCUT2D eigenvalue weighted by atomic mass is 79.9. The van der Waals surface area contributed by atoms with Crippen molar-refractivity contribution in [3.05, 3.63) is 50.4 Å². The van der Waals surface area contributed by atoms with Crippen molar-refractivity contribution in [3.63, 3.8) is 0 Å². The SMILES string of the molecule is Cc1ccc(Oc2cc(C)c([N+](=O)[O-])cn2)c(Br)n1. The predicted octanol–water partition coefficient (Wildman–Crippen LogP) is 3.56. The van der Waals surface area contributed by atoms with Crippen LogP contribution in [-0.2, 0) is 0 Å². The van der Waals surface area contributed by atoms with E-state index in [-0.39, 0.29) is 11.6 Å². The Morgan fingerprint density at radius 1 is 1.37 bits per heavy atom. The monoisotopic (exact) mass is 323 g/mol. The fourth-order valence-electron chi connectivity index (χ4n) is 1.47. The van der Waals surface area contributed by atoms with Crippen molar-refractivity contribution in [1.82, 2.24) is 9.97 Å². The molecule has 0 aliphatic rings. The molecule has 0 bridgehead atoms. The van der Waals surface area contributed by atoms with Crippen LogP contribution in [-0.4, -0.2) is 14.9 Å². The standard InChI is InChI=1S/C12H10BrN3O3/c1-7-5-11(14-6-9(7)16(17)18)19-10-4-3-8(2)15-12(10)13/h3-6H,1-2H3. The topological polar surface area (TPSA) is 78.2 Å². The number of pyridine rings is 2. The lowest BCUT2D eigenvalue weighted by molar-refractivity contribution is -0.385. The zero-order valence-corrected chi connectivity index (χ0v) is 11.8. The van der Waals surface area contributed by atoms with Crippen LogP contribution in [0.3, 0.4) is 0 Å². The van der Waals surface area contributed by atoms with Crippen LogP contribution >= 0.6 is 15.9 Å². The Labute approximate surface area is 117 Å². The second-order valence-corrected chi connectivity index (χ2v) is 4.66. The molecule has 2 aromatic heterocycles. The third-order valence-electron chi connectivity index (χ3n) is 2.42. The van der Waals surface area contributed by atoms with Crippen molar-refractivity contribution in [2.24, 2.45) is 0 Å². The molecule has 0 radical (unpaired) electrons. The third-order valence-corrected chi connectivity index (χ3v) is 2.99. The summed E-state index contributed by atoms with van der Waals surface area (Å²) in [7, 11) is 0. The molecule has 6 nitrogen and oxygen atoms in total. The molecule has 0 atom stereocenters. The molecule has 0 unspecified atom stereocenters. The van der Waals surface area contributed by atoms with Gasteiger partial charge in [0.15, 0.2) is 5.75 Å². The van der Waals surface area contributed by atoms with Gasteiger partial charge in [-0.05, 0) is 41.9 Å². The maximum Gasteiger partial charge on any atom is 0.290 e. The Balaban J connectivity index is 2.29. The molecule has 0 aromatic carbocycles. The molecule has 19 heavy (non-hydrogen) atoms. The van der Waals surface area contributed by atoms with Gasteiger partial charge >= 0.3 is 0 Å². The van der Waals surface area contributed by atoms with E-state index in [4.69, 9.17) is 4.74 Å². The van der Waals surface area contributed by atoms with Crippen molar-refractivity contribution in [1.29, 1.82) is 0 Å². The average Bonchev–Trinajstić information content (AvgIpc) is 2.32. The first-order valence-electron chi connectivity index (χ1n) is 5.39. The Hall–Kier alpha value is -2.02. The van der Waals surface area contributed by atoms with Gasteiger partial charge in [0, 0.05) is 17.3 Å². The molecule has 0 saturated carbocycles. The van der Waals surface area contributed by atoms with E-state index in [0.29, 0.717) is 15.9 Å². The van der Waals surface area contributed by atoms with Gasteiger partial charge in [-0.3, -0.25) is 10.1 Å². The van der Waals surface area contributed by atoms with E-state index in [2.05, 4.69) is 25.9 Å². The largest absolute Gasteiger partial charge is 0.436 e. The molecule has 0 fully saturated rings. The van der Waals surface area contributed by atoms with Gasteiger partial charge in [0.25, 0.3) is 5.69 Å². The van der Waals surface area contributed by atoms with Crippen LogP contribution in [0.1, 0.15) is 11.3 Å². The summed E-state index contributed by atoms with van der Waals surface area (Å²) in [4.78, 5) is 18.3. The summed E-state index contributed by atoms with van der Waals surface area (Å²) >= 11 is 3.29. The maximum atomic E-state index is 10.7. The van der Waals surface area contributed by atoms with Crippen molar-refractivity contribution >= 4 is 21.6 Å². The van der Waals surface area contributed by atoms with Gasteiger partial charge in [0.05, 0.1) is 4.92 Å². The number of aryl methyl sites for hydroxylation is 2. The first-order chi connectivity index (χ1) is 8.97. The summed E-state index contributed by atoms with van der Waals surface area (Å²) in [5.41, 5.74) is 1.31. The Morgan fingerprint density at radius 2 is 2.11 bits per heavy atom. The quantitative estimate of drug-likeness (QED) is 0.490. The van der Waals surface area contributed by atoms with Crippen LogP contribution in [0.25, 0.3) is 0 Å². The van der Waals surface area contributed by atoms with Crippen LogP contribution in [0.4, 0.5) is 5.69 Å². The zero-order valence-electron chi connectivity index (χ0n) is 10.3. The van der Waals surface area contributed by atoms with E-state index in [1.165, 1.54) is 12.3 Å². The van der Waals surface area contributed by atoms with E-state index in [1.54, 1.807) is 19.1 Å². The molecule has 2 heterocycles. The van der Waals surface area contributed by atoms with Crippen LogP contribution in [0, 0.1) is 24.0 Å². The smallest absolute Gasteiger partial charge is 0.290 e. The Morgan fingerprint density at radius 3 is 2.68 bits per heavy atom. The fourth-order valence-corrected chi connectivity index (χ4v) is 1.96. The number of aromatic nitrogens is 2. The summed E-state index contributed by atoms with van der Waals surface area (Å²) in [6, 6.07) is 5.08. The molecule has 0 saturated heterocycles. The lowest BCUT2D eigenvalue weighted by atomic mass is 10.2. The van der Waals surface area contributed by atoms with Gasteiger partial charge in [-0.1, -0.05) is 0 Å². The minimum absolute atomic E-state index is 0.0338. The highest BCUT2D eigenvalue weighted by molar-refractivity contribution is 9.10. The number of hydrogen-bond donors (Lipinski definition) is 0. The zero-order chi connectivity index (χ0) is 14.0. The summed E-state index contributed by atoms with van der Waals surface area (Å²) in [6.45, 7) is 3.50. The van der Waals surface area contributed by atoms with E-state index >= 15 is 0 Å². The fraction of sp³-hybridized carbons (Fsp3) is 0.167. The summed E-state index contributed by atoms with van der Waals surface area (Å²) in [5.74, 6) is 0.792. The second-order valence-electron chi connectivity index (χ2n) is 3.91. The molecule has 2 rings (SSSR count). The van der Waals surface area contributed by atoms with Crippen LogP contribution in [0.2, 0.25) is 0 Å². The van der Waals surface area contributed by atoms with Crippen molar-refractivity contribution in [3.8, 4) is 11.6 Å². The van der Waals surface area contributed by atoms with Gasteiger partial charge in [-0.15, -0.1) is 0 Å². The van der Waals surface area contributed by atoms with Crippen molar-refractivity contribution in [2.75, 3.05) is 0 Å². The molecule has 0 amide bonds. The maximum absolute atomic E-state index is 10.7. The average molecular weight is 324 g/mol. The molecule has 98 valence electrons. The molecule has 0 aliphatic carbocycles. The van der Waals surface area contributed by atoms with Gasteiger partial charge in [-0.2, -0.15) is 0 Å². The number of hydrogen-bond acceptors (Lipinski definition) is 5. The summed E-state index contributed by atoms with van der Waals surface area (Å²) in [5, 5.41) is 10.7. The highest BCUT2D eigenvalue weighted by Gasteiger charge is 2.13. The number of ether oxygens (including phenoxy) is 1. The predicted molar refractivity (Wildman–Crippen MR) is 72.4 cm³/mol. The molecule has 7 heteroatoms. The summed E-state index contributed by atoms with van der Waals surface area (Å²) in [6.07, 6.45) is 1.18. The minimum Gasteiger partial charge on any atom is -0.436 e. The molecular weight excluding hydrogens is 314 g/mol. The Bertz CT molecular complexity index is 646. The van der Waals surface area contributed by atoms with Crippen molar-refractivity contribution in [2.45, 2.75) is 13.8 Å². The van der Waals surface area contributed by atoms with E-state index in [9.17, 15) is 10.1 Å². The van der Waals surface area contributed by atoms with Crippen LogP contribution < -0.4 is 4.74 Å². The molecule has 0 spiro atoms.